The van der Waals surface area contributed by atoms with Crippen molar-refractivity contribution in [3.8, 4) is 0 Å². The Balaban J connectivity index is 3.72. The Kier molecular flexibility index (Phi) is 8.38. The molecule has 3 nitrogen and oxygen atoms in total. The van der Waals surface area contributed by atoms with E-state index in [1.165, 1.54) is 19.3 Å². The first-order valence-corrected chi connectivity index (χ1v) is 6.11. The van der Waals surface area contributed by atoms with Crippen molar-refractivity contribution in [2.45, 2.75) is 53.0 Å². The largest absolute Gasteiger partial charge is 0.353 e. The zero-order valence-corrected chi connectivity index (χ0v) is 10.7. The Labute approximate surface area is 94.2 Å². The average Bonchev–Trinajstić information content (AvgIpc) is 2.15. The van der Waals surface area contributed by atoms with E-state index in [2.05, 4.69) is 24.1 Å². The van der Waals surface area contributed by atoms with Gasteiger partial charge in [0.2, 0.25) is 5.91 Å². The van der Waals surface area contributed by atoms with Crippen molar-refractivity contribution in [1.82, 2.24) is 10.2 Å². The lowest BCUT2D eigenvalue weighted by atomic mass is 10.2. The molecule has 0 heterocycles. The van der Waals surface area contributed by atoms with Crippen molar-refractivity contribution in [2.75, 3.05) is 19.6 Å². The van der Waals surface area contributed by atoms with Gasteiger partial charge < -0.3 is 5.32 Å². The summed E-state index contributed by atoms with van der Waals surface area (Å²) in [4.78, 5) is 13.7. The molecule has 0 aromatic carbocycles. The van der Waals surface area contributed by atoms with Gasteiger partial charge in [-0.15, -0.1) is 0 Å². The standard InChI is InChI=1S/C12H26N2O/c1-5-7-8-9-14(6-2)10-12(15)13-11(3)4/h11H,5-10H2,1-4H3,(H,13,15). The maximum atomic E-state index is 11.5. The summed E-state index contributed by atoms with van der Waals surface area (Å²) < 4.78 is 0. The molecular weight excluding hydrogens is 188 g/mol. The minimum Gasteiger partial charge on any atom is -0.353 e. The van der Waals surface area contributed by atoms with Crippen molar-refractivity contribution in [2.24, 2.45) is 0 Å². The highest BCUT2D eigenvalue weighted by atomic mass is 16.2. The second kappa shape index (κ2) is 8.72. The third-order valence-electron chi connectivity index (χ3n) is 2.34. The van der Waals surface area contributed by atoms with Gasteiger partial charge in [0, 0.05) is 6.04 Å². The van der Waals surface area contributed by atoms with E-state index in [1.807, 2.05) is 13.8 Å². The molecule has 1 amide bonds. The molecule has 0 unspecified atom stereocenters. The predicted molar refractivity (Wildman–Crippen MR) is 64.9 cm³/mol. The number of carbonyl (C=O) groups excluding carboxylic acids is 1. The number of nitrogens with zero attached hydrogens (tertiary/aromatic N) is 1. The second-order valence-electron chi connectivity index (χ2n) is 4.30. The van der Waals surface area contributed by atoms with Crippen molar-refractivity contribution in [1.29, 1.82) is 0 Å². The van der Waals surface area contributed by atoms with Gasteiger partial charge in [-0.3, -0.25) is 9.69 Å². The van der Waals surface area contributed by atoms with E-state index in [4.69, 9.17) is 0 Å². The van der Waals surface area contributed by atoms with Crippen molar-refractivity contribution in [3.63, 3.8) is 0 Å². The molecule has 15 heavy (non-hydrogen) atoms. The molecule has 0 aliphatic heterocycles. The normalized spacial score (nSPS) is 11.1. The van der Waals surface area contributed by atoms with Gasteiger partial charge in [-0.2, -0.15) is 0 Å². The van der Waals surface area contributed by atoms with Crippen LogP contribution in [-0.4, -0.2) is 36.5 Å². The summed E-state index contributed by atoms with van der Waals surface area (Å²) in [5, 5.41) is 2.92. The number of likely N-dealkylation sites (N-methyl/N-ethyl adjacent to an activating group) is 1. The predicted octanol–water partition coefficient (Wildman–Crippen LogP) is 2.02. The Bertz CT molecular complexity index is 169. The van der Waals surface area contributed by atoms with Gasteiger partial charge >= 0.3 is 0 Å². The summed E-state index contributed by atoms with van der Waals surface area (Å²) in [5.41, 5.74) is 0. The van der Waals surface area contributed by atoms with Crippen LogP contribution in [-0.2, 0) is 4.79 Å². The maximum absolute atomic E-state index is 11.5. The highest BCUT2D eigenvalue weighted by molar-refractivity contribution is 5.78. The molecule has 0 saturated heterocycles. The topological polar surface area (TPSA) is 32.3 Å². The molecule has 0 rings (SSSR count). The summed E-state index contributed by atoms with van der Waals surface area (Å²) >= 11 is 0. The van der Waals surface area contributed by atoms with Crippen LogP contribution in [0.1, 0.15) is 47.0 Å². The van der Waals surface area contributed by atoms with Crippen LogP contribution in [0, 0.1) is 0 Å². The fraction of sp³-hybridized carbons (Fsp3) is 0.917. The number of nitrogens with one attached hydrogen (secondary N) is 1. The summed E-state index contributed by atoms with van der Waals surface area (Å²) in [7, 11) is 0. The Morgan fingerprint density at radius 3 is 2.40 bits per heavy atom. The lowest BCUT2D eigenvalue weighted by molar-refractivity contribution is -0.122. The first kappa shape index (κ1) is 14.4. The van der Waals surface area contributed by atoms with Crippen LogP contribution >= 0.6 is 0 Å². The number of rotatable bonds is 8. The van der Waals surface area contributed by atoms with Gasteiger partial charge in [-0.05, 0) is 33.4 Å². The van der Waals surface area contributed by atoms with E-state index in [-0.39, 0.29) is 11.9 Å². The molecule has 0 bridgehead atoms. The summed E-state index contributed by atoms with van der Waals surface area (Å²) in [6, 6.07) is 0.242. The minimum atomic E-state index is 0.142. The quantitative estimate of drug-likeness (QED) is 0.627. The summed E-state index contributed by atoms with van der Waals surface area (Å²) in [6.45, 7) is 10.8. The molecule has 3 heteroatoms. The average molecular weight is 214 g/mol. The smallest absolute Gasteiger partial charge is 0.234 e. The van der Waals surface area contributed by atoms with E-state index in [9.17, 15) is 4.79 Å². The third-order valence-corrected chi connectivity index (χ3v) is 2.34. The molecule has 90 valence electrons. The molecule has 0 aromatic rings. The lowest BCUT2D eigenvalue weighted by Gasteiger charge is -2.20. The van der Waals surface area contributed by atoms with Gasteiger partial charge in [-0.1, -0.05) is 26.7 Å². The number of hydrogen-bond donors (Lipinski definition) is 1. The van der Waals surface area contributed by atoms with Crippen LogP contribution in [0.5, 0.6) is 0 Å². The Morgan fingerprint density at radius 2 is 1.93 bits per heavy atom. The monoisotopic (exact) mass is 214 g/mol. The zero-order chi connectivity index (χ0) is 11.7. The summed E-state index contributed by atoms with van der Waals surface area (Å²) in [5.74, 6) is 0.142. The summed E-state index contributed by atoms with van der Waals surface area (Å²) in [6.07, 6.45) is 3.68. The zero-order valence-electron chi connectivity index (χ0n) is 10.7. The minimum absolute atomic E-state index is 0.142. The van der Waals surface area contributed by atoms with Gasteiger partial charge in [-0.25, -0.2) is 0 Å². The van der Waals surface area contributed by atoms with Gasteiger partial charge in [0.05, 0.1) is 6.54 Å². The number of amides is 1. The number of hydrogen-bond acceptors (Lipinski definition) is 2. The third kappa shape index (κ3) is 8.43. The van der Waals surface area contributed by atoms with Crippen molar-refractivity contribution < 1.29 is 4.79 Å². The van der Waals surface area contributed by atoms with Crippen LogP contribution in [0.15, 0.2) is 0 Å². The van der Waals surface area contributed by atoms with E-state index < -0.39 is 0 Å². The number of carbonyl (C=O) groups is 1. The van der Waals surface area contributed by atoms with E-state index in [1.54, 1.807) is 0 Å². The SMILES string of the molecule is CCCCCN(CC)CC(=O)NC(C)C. The molecule has 1 N–H and O–H groups in total. The molecule has 0 radical (unpaired) electrons. The molecule has 0 atom stereocenters. The van der Waals surface area contributed by atoms with Crippen LogP contribution in [0.3, 0.4) is 0 Å². The first-order chi connectivity index (χ1) is 7.10. The molecule has 0 aliphatic rings. The first-order valence-electron chi connectivity index (χ1n) is 6.11. The fourth-order valence-corrected chi connectivity index (χ4v) is 1.51. The van der Waals surface area contributed by atoms with E-state index >= 15 is 0 Å². The number of unbranched alkanes of at least 4 members (excludes halogenated alkanes) is 2. The van der Waals surface area contributed by atoms with Crippen LogP contribution in [0.4, 0.5) is 0 Å². The molecule has 0 aromatic heterocycles. The maximum Gasteiger partial charge on any atom is 0.234 e. The van der Waals surface area contributed by atoms with Crippen LogP contribution < -0.4 is 5.32 Å². The second-order valence-corrected chi connectivity index (χ2v) is 4.30. The molecule has 0 saturated carbocycles. The van der Waals surface area contributed by atoms with Gasteiger partial charge in [0.25, 0.3) is 0 Å². The van der Waals surface area contributed by atoms with Gasteiger partial charge in [0.1, 0.15) is 0 Å². The fourth-order valence-electron chi connectivity index (χ4n) is 1.51. The van der Waals surface area contributed by atoms with Crippen molar-refractivity contribution in [3.05, 3.63) is 0 Å². The van der Waals surface area contributed by atoms with E-state index in [0.717, 1.165) is 13.1 Å². The molecular formula is C12H26N2O. The van der Waals surface area contributed by atoms with Gasteiger partial charge in [0.15, 0.2) is 0 Å². The van der Waals surface area contributed by atoms with E-state index in [0.29, 0.717) is 6.54 Å². The highest BCUT2D eigenvalue weighted by Gasteiger charge is 2.08. The highest BCUT2D eigenvalue weighted by Crippen LogP contribution is 1.98. The van der Waals surface area contributed by atoms with Crippen LogP contribution in [0.2, 0.25) is 0 Å². The Hall–Kier alpha value is -0.570. The molecule has 0 aliphatic carbocycles. The Morgan fingerprint density at radius 1 is 1.27 bits per heavy atom. The molecule has 0 spiro atoms. The van der Waals surface area contributed by atoms with Crippen molar-refractivity contribution >= 4 is 5.91 Å². The molecule has 0 fully saturated rings. The van der Waals surface area contributed by atoms with Crippen LogP contribution in [0.25, 0.3) is 0 Å². The lowest BCUT2D eigenvalue weighted by Crippen LogP contribution is -2.40.